The SMILES string of the molecule is CCOCCC1(CNC(=NC)NCc2noc(C)n2)CCCC1. The van der Waals surface area contributed by atoms with Crippen molar-refractivity contribution in [3.63, 3.8) is 0 Å². The Labute approximate surface area is 138 Å². The van der Waals surface area contributed by atoms with Crippen molar-refractivity contribution in [3.05, 3.63) is 11.7 Å². The van der Waals surface area contributed by atoms with Gasteiger partial charge in [0.25, 0.3) is 0 Å². The van der Waals surface area contributed by atoms with E-state index in [4.69, 9.17) is 9.26 Å². The fourth-order valence-electron chi connectivity index (χ4n) is 3.14. The van der Waals surface area contributed by atoms with E-state index in [2.05, 4.69) is 25.8 Å². The third kappa shape index (κ3) is 5.49. The molecule has 7 heteroatoms. The first-order valence-corrected chi connectivity index (χ1v) is 8.49. The zero-order chi connectivity index (χ0) is 16.5. The second-order valence-electron chi connectivity index (χ2n) is 6.16. The summed E-state index contributed by atoms with van der Waals surface area (Å²) < 4.78 is 10.5. The van der Waals surface area contributed by atoms with Crippen molar-refractivity contribution in [1.82, 2.24) is 20.8 Å². The molecule has 0 atom stereocenters. The van der Waals surface area contributed by atoms with Crippen LogP contribution in [-0.4, -0.2) is 42.9 Å². The first-order valence-electron chi connectivity index (χ1n) is 8.49. The summed E-state index contributed by atoms with van der Waals surface area (Å²) in [6.07, 6.45) is 6.24. The van der Waals surface area contributed by atoms with E-state index >= 15 is 0 Å². The number of ether oxygens (including phenoxy) is 1. The van der Waals surface area contributed by atoms with Gasteiger partial charge in [-0.15, -0.1) is 0 Å². The van der Waals surface area contributed by atoms with Crippen molar-refractivity contribution < 1.29 is 9.26 Å². The fraction of sp³-hybridized carbons (Fsp3) is 0.812. The van der Waals surface area contributed by atoms with E-state index < -0.39 is 0 Å². The Balaban J connectivity index is 1.80. The second-order valence-corrected chi connectivity index (χ2v) is 6.16. The van der Waals surface area contributed by atoms with E-state index in [1.165, 1.54) is 25.7 Å². The van der Waals surface area contributed by atoms with E-state index in [-0.39, 0.29) is 0 Å². The molecule has 0 amide bonds. The van der Waals surface area contributed by atoms with Gasteiger partial charge in [-0.1, -0.05) is 18.0 Å². The van der Waals surface area contributed by atoms with Crippen LogP contribution in [0.5, 0.6) is 0 Å². The summed E-state index contributed by atoms with van der Waals surface area (Å²) in [5.74, 6) is 1.98. The van der Waals surface area contributed by atoms with Gasteiger partial charge in [-0.2, -0.15) is 4.98 Å². The van der Waals surface area contributed by atoms with E-state index in [1.807, 2.05) is 6.92 Å². The third-order valence-corrected chi connectivity index (χ3v) is 4.48. The van der Waals surface area contributed by atoms with Gasteiger partial charge in [0.2, 0.25) is 5.89 Å². The molecule has 0 saturated heterocycles. The van der Waals surface area contributed by atoms with Gasteiger partial charge in [0.1, 0.15) is 0 Å². The predicted molar refractivity (Wildman–Crippen MR) is 89.2 cm³/mol. The van der Waals surface area contributed by atoms with Gasteiger partial charge in [0, 0.05) is 33.7 Å². The van der Waals surface area contributed by atoms with Crippen LogP contribution in [0.3, 0.4) is 0 Å². The molecule has 0 bridgehead atoms. The number of aryl methyl sites for hydroxylation is 1. The van der Waals surface area contributed by atoms with Gasteiger partial charge >= 0.3 is 0 Å². The number of rotatable bonds is 8. The summed E-state index contributed by atoms with van der Waals surface area (Å²) in [5, 5.41) is 10.6. The summed E-state index contributed by atoms with van der Waals surface area (Å²) in [6, 6.07) is 0. The lowest BCUT2D eigenvalue weighted by atomic mass is 9.83. The monoisotopic (exact) mass is 323 g/mol. The molecule has 1 fully saturated rings. The Morgan fingerprint density at radius 2 is 2.13 bits per heavy atom. The number of hydrogen-bond acceptors (Lipinski definition) is 5. The van der Waals surface area contributed by atoms with Crippen molar-refractivity contribution >= 4 is 5.96 Å². The third-order valence-electron chi connectivity index (χ3n) is 4.48. The van der Waals surface area contributed by atoms with Crippen molar-refractivity contribution in [2.24, 2.45) is 10.4 Å². The zero-order valence-electron chi connectivity index (χ0n) is 14.5. The van der Waals surface area contributed by atoms with E-state index in [0.29, 0.717) is 23.7 Å². The maximum atomic E-state index is 5.56. The first kappa shape index (κ1) is 17.7. The van der Waals surface area contributed by atoms with E-state index in [9.17, 15) is 0 Å². The van der Waals surface area contributed by atoms with Crippen LogP contribution < -0.4 is 10.6 Å². The number of guanidine groups is 1. The van der Waals surface area contributed by atoms with Crippen molar-refractivity contribution in [3.8, 4) is 0 Å². The summed E-state index contributed by atoms with van der Waals surface area (Å²) in [6.45, 7) is 6.88. The smallest absolute Gasteiger partial charge is 0.223 e. The first-order chi connectivity index (χ1) is 11.2. The van der Waals surface area contributed by atoms with Crippen LogP contribution in [0.2, 0.25) is 0 Å². The molecule has 0 spiro atoms. The van der Waals surface area contributed by atoms with Crippen molar-refractivity contribution in [2.45, 2.75) is 52.5 Å². The molecule has 1 aliphatic carbocycles. The maximum absolute atomic E-state index is 5.56. The van der Waals surface area contributed by atoms with Crippen LogP contribution in [0.4, 0.5) is 0 Å². The number of nitrogens with zero attached hydrogens (tertiary/aromatic N) is 3. The average molecular weight is 323 g/mol. The number of nitrogens with one attached hydrogen (secondary N) is 2. The van der Waals surface area contributed by atoms with E-state index in [1.54, 1.807) is 14.0 Å². The molecule has 130 valence electrons. The number of hydrogen-bond donors (Lipinski definition) is 2. The highest BCUT2D eigenvalue weighted by Gasteiger charge is 2.33. The molecule has 1 heterocycles. The van der Waals surface area contributed by atoms with Gasteiger partial charge in [-0.05, 0) is 31.6 Å². The Bertz CT molecular complexity index is 494. The Hall–Kier alpha value is -1.63. The second kappa shape index (κ2) is 8.86. The molecule has 2 rings (SSSR count). The lowest BCUT2D eigenvalue weighted by Gasteiger charge is -2.30. The van der Waals surface area contributed by atoms with Gasteiger partial charge in [0.05, 0.1) is 6.54 Å². The molecule has 0 aromatic carbocycles. The van der Waals surface area contributed by atoms with Crippen LogP contribution in [0.15, 0.2) is 9.52 Å². The van der Waals surface area contributed by atoms with Crippen LogP contribution >= 0.6 is 0 Å². The van der Waals surface area contributed by atoms with Gasteiger partial charge < -0.3 is 19.9 Å². The summed E-state index contributed by atoms with van der Waals surface area (Å²) >= 11 is 0. The van der Waals surface area contributed by atoms with Crippen molar-refractivity contribution in [2.75, 3.05) is 26.8 Å². The van der Waals surface area contributed by atoms with E-state index in [0.717, 1.165) is 32.1 Å². The van der Waals surface area contributed by atoms with Crippen LogP contribution in [-0.2, 0) is 11.3 Å². The zero-order valence-corrected chi connectivity index (χ0v) is 14.5. The lowest BCUT2D eigenvalue weighted by molar-refractivity contribution is 0.105. The molecule has 0 unspecified atom stereocenters. The summed E-state index contributed by atoms with van der Waals surface area (Å²) in [7, 11) is 1.78. The fourth-order valence-corrected chi connectivity index (χ4v) is 3.14. The molecule has 1 saturated carbocycles. The standard InChI is InChI=1S/C16H29N5O2/c1-4-22-10-9-16(7-5-6-8-16)12-19-15(17-3)18-11-14-20-13(2)23-21-14/h4-12H2,1-3H3,(H2,17,18,19). The molecule has 0 aliphatic heterocycles. The maximum Gasteiger partial charge on any atom is 0.223 e. The molecule has 23 heavy (non-hydrogen) atoms. The largest absolute Gasteiger partial charge is 0.382 e. The molecular formula is C16H29N5O2. The van der Waals surface area contributed by atoms with Crippen molar-refractivity contribution in [1.29, 1.82) is 0 Å². The minimum Gasteiger partial charge on any atom is -0.382 e. The molecule has 7 nitrogen and oxygen atoms in total. The molecule has 2 N–H and O–H groups in total. The lowest BCUT2D eigenvalue weighted by Crippen LogP contribution is -2.43. The van der Waals surface area contributed by atoms with Gasteiger partial charge in [-0.3, -0.25) is 4.99 Å². The Kier molecular flexibility index (Phi) is 6.83. The highest BCUT2D eigenvalue weighted by molar-refractivity contribution is 5.79. The average Bonchev–Trinajstić information content (AvgIpc) is 3.18. The summed E-state index contributed by atoms with van der Waals surface area (Å²) in [4.78, 5) is 8.45. The van der Waals surface area contributed by atoms with Crippen LogP contribution in [0, 0.1) is 12.3 Å². The highest BCUT2D eigenvalue weighted by Crippen LogP contribution is 2.40. The minimum atomic E-state index is 0.329. The van der Waals surface area contributed by atoms with Gasteiger partial charge in [-0.25, -0.2) is 0 Å². The molecule has 1 aromatic rings. The minimum absolute atomic E-state index is 0.329. The Morgan fingerprint density at radius 1 is 1.35 bits per heavy atom. The number of aromatic nitrogens is 2. The molecule has 1 aliphatic rings. The van der Waals surface area contributed by atoms with Gasteiger partial charge in [0.15, 0.2) is 11.8 Å². The molecular weight excluding hydrogens is 294 g/mol. The van der Waals surface area contributed by atoms with Crippen LogP contribution in [0.1, 0.15) is 50.7 Å². The normalized spacial score (nSPS) is 17.4. The highest BCUT2D eigenvalue weighted by atomic mass is 16.5. The summed E-state index contributed by atoms with van der Waals surface area (Å²) in [5.41, 5.74) is 0.329. The Morgan fingerprint density at radius 3 is 2.74 bits per heavy atom. The topological polar surface area (TPSA) is 84.6 Å². The number of aliphatic imine (C=N–C) groups is 1. The molecule has 0 radical (unpaired) electrons. The van der Waals surface area contributed by atoms with Crippen LogP contribution in [0.25, 0.3) is 0 Å². The quantitative estimate of drug-likeness (QED) is 0.432. The predicted octanol–water partition coefficient (Wildman–Crippen LogP) is 2.03. The molecule has 1 aromatic heterocycles.